The third-order valence-electron chi connectivity index (χ3n) is 4.18. The van der Waals surface area contributed by atoms with Gasteiger partial charge in [-0.3, -0.25) is 10.1 Å². The summed E-state index contributed by atoms with van der Waals surface area (Å²) in [5, 5.41) is 18.6. The van der Waals surface area contributed by atoms with E-state index in [2.05, 4.69) is 10.4 Å². The fraction of sp³-hybridized carbons (Fsp3) is 0.769. The summed E-state index contributed by atoms with van der Waals surface area (Å²) in [6.07, 6.45) is 4.62. The smallest absolute Gasteiger partial charge is 0.333 e. The van der Waals surface area contributed by atoms with Gasteiger partial charge in [0.2, 0.25) is 5.82 Å². The summed E-state index contributed by atoms with van der Waals surface area (Å²) in [6.45, 7) is 2.39. The van der Waals surface area contributed by atoms with Crippen molar-refractivity contribution in [2.24, 2.45) is 13.0 Å². The molecule has 2 fully saturated rings. The monoisotopic (exact) mass is 280 g/mol. The van der Waals surface area contributed by atoms with Crippen LogP contribution in [0.1, 0.15) is 31.4 Å². The van der Waals surface area contributed by atoms with Gasteiger partial charge in [-0.15, -0.1) is 0 Å². The Labute approximate surface area is 117 Å². The molecule has 0 spiro atoms. The zero-order chi connectivity index (χ0) is 14.3. The van der Waals surface area contributed by atoms with Crippen LogP contribution in [-0.2, 0) is 11.8 Å². The van der Waals surface area contributed by atoms with Gasteiger partial charge in [-0.05, 0) is 38.5 Å². The number of aryl methyl sites for hydroxylation is 2. The fourth-order valence-electron chi connectivity index (χ4n) is 2.98. The van der Waals surface area contributed by atoms with Crippen LogP contribution >= 0.6 is 0 Å². The van der Waals surface area contributed by atoms with Crippen molar-refractivity contribution in [1.82, 2.24) is 9.78 Å². The molecule has 2 aliphatic rings. The molecule has 1 saturated heterocycles. The molecule has 1 saturated carbocycles. The summed E-state index contributed by atoms with van der Waals surface area (Å²) in [7, 11) is 1.74. The average Bonchev–Trinajstić information content (AvgIpc) is 3.18. The lowest BCUT2D eigenvalue weighted by Crippen LogP contribution is -2.35. The lowest BCUT2D eigenvalue weighted by molar-refractivity contribution is -0.384. The number of nitrogens with zero attached hydrogens (tertiary/aromatic N) is 3. The highest BCUT2D eigenvalue weighted by molar-refractivity contribution is 5.59. The van der Waals surface area contributed by atoms with Crippen molar-refractivity contribution in [2.75, 3.05) is 11.9 Å². The SMILES string of the molecule is Cc1nn(C)c(NC2CCOC(C3CC3)C2)c1[N+](=O)[O-]. The highest BCUT2D eigenvalue weighted by atomic mass is 16.6. The zero-order valence-corrected chi connectivity index (χ0v) is 11.8. The first kappa shape index (κ1) is 13.4. The Bertz CT molecular complexity index is 524. The zero-order valence-electron chi connectivity index (χ0n) is 11.8. The first-order chi connectivity index (χ1) is 9.56. The summed E-state index contributed by atoms with van der Waals surface area (Å²) in [6, 6.07) is 0.225. The Morgan fingerprint density at radius 1 is 1.45 bits per heavy atom. The van der Waals surface area contributed by atoms with Crippen LogP contribution in [0.25, 0.3) is 0 Å². The molecule has 0 amide bonds. The molecule has 1 aliphatic carbocycles. The summed E-state index contributed by atoms with van der Waals surface area (Å²) >= 11 is 0. The highest BCUT2D eigenvalue weighted by Gasteiger charge is 2.36. The van der Waals surface area contributed by atoms with Gasteiger partial charge in [0, 0.05) is 19.7 Å². The second-order valence-electron chi connectivity index (χ2n) is 5.78. The fourth-order valence-corrected chi connectivity index (χ4v) is 2.98. The molecule has 20 heavy (non-hydrogen) atoms. The van der Waals surface area contributed by atoms with Crippen LogP contribution in [0.15, 0.2) is 0 Å². The Hall–Kier alpha value is -1.63. The van der Waals surface area contributed by atoms with Gasteiger partial charge >= 0.3 is 5.69 Å². The van der Waals surface area contributed by atoms with Gasteiger partial charge in [0.25, 0.3) is 0 Å². The molecule has 2 unspecified atom stereocenters. The van der Waals surface area contributed by atoms with E-state index in [9.17, 15) is 10.1 Å². The Balaban J connectivity index is 1.75. The van der Waals surface area contributed by atoms with E-state index in [1.54, 1.807) is 18.7 Å². The summed E-state index contributed by atoms with van der Waals surface area (Å²) < 4.78 is 7.35. The molecule has 7 heteroatoms. The van der Waals surface area contributed by atoms with Gasteiger partial charge in [0.15, 0.2) is 0 Å². The number of nitro groups is 1. The van der Waals surface area contributed by atoms with E-state index in [0.29, 0.717) is 23.5 Å². The van der Waals surface area contributed by atoms with E-state index in [0.717, 1.165) is 19.4 Å². The summed E-state index contributed by atoms with van der Waals surface area (Å²) in [5.41, 5.74) is 0.535. The molecule has 0 bridgehead atoms. The van der Waals surface area contributed by atoms with Crippen LogP contribution in [0.2, 0.25) is 0 Å². The topological polar surface area (TPSA) is 82.2 Å². The van der Waals surface area contributed by atoms with Crippen LogP contribution in [0, 0.1) is 23.0 Å². The molecule has 7 nitrogen and oxygen atoms in total. The molecule has 3 rings (SSSR count). The van der Waals surface area contributed by atoms with Crippen LogP contribution in [0.5, 0.6) is 0 Å². The number of hydrogen-bond acceptors (Lipinski definition) is 5. The maximum absolute atomic E-state index is 11.2. The minimum Gasteiger partial charge on any atom is -0.378 e. The first-order valence-corrected chi connectivity index (χ1v) is 7.12. The maximum atomic E-state index is 11.2. The molecule has 0 aromatic carbocycles. The number of nitrogens with one attached hydrogen (secondary N) is 1. The highest BCUT2D eigenvalue weighted by Crippen LogP contribution is 2.39. The summed E-state index contributed by atoms with van der Waals surface area (Å²) in [4.78, 5) is 10.8. The van der Waals surface area contributed by atoms with Crippen LogP contribution in [0.3, 0.4) is 0 Å². The van der Waals surface area contributed by atoms with E-state index < -0.39 is 0 Å². The van der Waals surface area contributed by atoms with Crippen LogP contribution in [0.4, 0.5) is 11.5 Å². The molecule has 1 aliphatic heterocycles. The maximum Gasteiger partial charge on any atom is 0.333 e. The van der Waals surface area contributed by atoms with E-state index in [-0.39, 0.29) is 16.7 Å². The number of rotatable bonds is 4. The number of hydrogen-bond donors (Lipinski definition) is 1. The molecule has 110 valence electrons. The Kier molecular flexibility index (Phi) is 3.37. The Morgan fingerprint density at radius 3 is 2.85 bits per heavy atom. The minimum absolute atomic E-state index is 0.0852. The number of ether oxygens (including phenoxy) is 1. The number of anilines is 1. The van der Waals surface area contributed by atoms with Crippen molar-refractivity contribution in [3.8, 4) is 0 Å². The molecular formula is C13H20N4O3. The van der Waals surface area contributed by atoms with Gasteiger partial charge in [0.05, 0.1) is 11.0 Å². The quantitative estimate of drug-likeness (QED) is 0.674. The lowest BCUT2D eigenvalue weighted by Gasteiger charge is -2.30. The predicted molar refractivity (Wildman–Crippen MR) is 73.7 cm³/mol. The third-order valence-corrected chi connectivity index (χ3v) is 4.18. The van der Waals surface area contributed by atoms with Crippen molar-refractivity contribution in [3.05, 3.63) is 15.8 Å². The van der Waals surface area contributed by atoms with Gasteiger partial charge in [-0.25, -0.2) is 4.68 Å². The molecular weight excluding hydrogens is 260 g/mol. The van der Waals surface area contributed by atoms with E-state index in [4.69, 9.17) is 4.74 Å². The third kappa shape index (κ3) is 2.49. The van der Waals surface area contributed by atoms with Gasteiger partial charge < -0.3 is 10.1 Å². The second-order valence-corrected chi connectivity index (χ2v) is 5.78. The molecule has 1 aromatic rings. The van der Waals surface area contributed by atoms with Gasteiger partial charge in [-0.1, -0.05) is 0 Å². The average molecular weight is 280 g/mol. The van der Waals surface area contributed by atoms with Crippen molar-refractivity contribution in [1.29, 1.82) is 0 Å². The molecule has 1 N–H and O–H groups in total. The van der Waals surface area contributed by atoms with Gasteiger partial charge in [0.1, 0.15) is 5.69 Å². The van der Waals surface area contributed by atoms with Crippen LogP contribution < -0.4 is 5.32 Å². The van der Waals surface area contributed by atoms with Crippen molar-refractivity contribution in [3.63, 3.8) is 0 Å². The van der Waals surface area contributed by atoms with Crippen molar-refractivity contribution < 1.29 is 9.66 Å². The number of aromatic nitrogens is 2. The van der Waals surface area contributed by atoms with E-state index in [1.165, 1.54) is 12.8 Å². The van der Waals surface area contributed by atoms with Crippen molar-refractivity contribution in [2.45, 2.75) is 44.8 Å². The second kappa shape index (κ2) is 5.05. The first-order valence-electron chi connectivity index (χ1n) is 7.12. The summed E-state index contributed by atoms with van der Waals surface area (Å²) in [5.74, 6) is 1.21. The van der Waals surface area contributed by atoms with E-state index >= 15 is 0 Å². The lowest BCUT2D eigenvalue weighted by atomic mass is 10.00. The molecule has 2 atom stereocenters. The van der Waals surface area contributed by atoms with Crippen molar-refractivity contribution >= 4 is 11.5 Å². The van der Waals surface area contributed by atoms with Crippen LogP contribution in [-0.4, -0.2) is 33.5 Å². The Morgan fingerprint density at radius 2 is 2.20 bits per heavy atom. The largest absolute Gasteiger partial charge is 0.378 e. The normalized spacial score (nSPS) is 26.5. The molecule has 2 heterocycles. The predicted octanol–water partition coefficient (Wildman–Crippen LogP) is 2.01. The molecule has 0 radical (unpaired) electrons. The molecule has 1 aromatic heterocycles. The van der Waals surface area contributed by atoms with Gasteiger partial charge in [-0.2, -0.15) is 5.10 Å². The standard InChI is InChI=1S/C13H20N4O3/c1-8-12(17(18)19)13(16(2)15-8)14-10-5-6-20-11(7-10)9-3-4-9/h9-11,14H,3-7H2,1-2H3. The van der Waals surface area contributed by atoms with E-state index in [1.807, 2.05) is 0 Å². The minimum atomic E-state index is -0.359.